The lowest BCUT2D eigenvalue weighted by molar-refractivity contribution is 0.499. The molecule has 3 heteroatoms. The molecule has 3 nitrogen and oxygen atoms in total. The molecule has 0 fully saturated rings. The van der Waals surface area contributed by atoms with E-state index in [-0.39, 0.29) is 0 Å². The average molecular weight is 221 g/mol. The van der Waals surface area contributed by atoms with Crippen molar-refractivity contribution in [3.63, 3.8) is 0 Å². The van der Waals surface area contributed by atoms with Gasteiger partial charge in [0.15, 0.2) is 0 Å². The Morgan fingerprint density at radius 3 is 2.81 bits per heavy atom. The van der Waals surface area contributed by atoms with E-state index in [1.165, 1.54) is 11.3 Å². The molecule has 1 unspecified atom stereocenters. The van der Waals surface area contributed by atoms with E-state index in [1.807, 2.05) is 19.6 Å². The van der Waals surface area contributed by atoms with Crippen LogP contribution in [0.2, 0.25) is 0 Å². The number of imidazole rings is 1. The van der Waals surface area contributed by atoms with Gasteiger partial charge in [-0.15, -0.1) is 0 Å². The molecular weight excluding hydrogens is 198 g/mol. The van der Waals surface area contributed by atoms with E-state index < -0.39 is 0 Å². The molecule has 1 heterocycles. The first-order valence-corrected chi connectivity index (χ1v) is 6.05. The van der Waals surface area contributed by atoms with Crippen molar-refractivity contribution in [2.75, 3.05) is 6.54 Å². The molecule has 16 heavy (non-hydrogen) atoms. The minimum atomic E-state index is 0.347. The molecule has 1 aromatic heterocycles. The van der Waals surface area contributed by atoms with Crippen molar-refractivity contribution in [2.24, 2.45) is 7.05 Å². The monoisotopic (exact) mass is 221 g/mol. The van der Waals surface area contributed by atoms with Gasteiger partial charge in [0.1, 0.15) is 0 Å². The van der Waals surface area contributed by atoms with Gasteiger partial charge >= 0.3 is 0 Å². The van der Waals surface area contributed by atoms with E-state index in [0.29, 0.717) is 6.04 Å². The minimum Gasteiger partial charge on any atom is -0.336 e. The van der Waals surface area contributed by atoms with Crippen molar-refractivity contribution in [1.29, 1.82) is 0 Å². The summed E-state index contributed by atoms with van der Waals surface area (Å²) < 4.78 is 2.08. The Kier molecular flexibility index (Phi) is 5.26. The molecule has 1 atom stereocenters. The normalized spacial score (nSPS) is 12.7. The van der Waals surface area contributed by atoms with Crippen molar-refractivity contribution in [2.45, 2.75) is 39.2 Å². The maximum Gasteiger partial charge on any atom is 0.0946 e. The second-order valence-corrected chi connectivity index (χ2v) is 4.24. The molecule has 1 aromatic rings. The number of aryl methyl sites for hydroxylation is 1. The van der Waals surface area contributed by atoms with Gasteiger partial charge in [-0.1, -0.05) is 26.0 Å². The molecule has 0 aliphatic heterocycles. The summed E-state index contributed by atoms with van der Waals surface area (Å²) in [7, 11) is 2.04. The smallest absolute Gasteiger partial charge is 0.0946 e. The Hall–Kier alpha value is -1.09. The molecule has 0 bridgehead atoms. The van der Waals surface area contributed by atoms with Crippen LogP contribution in [0.15, 0.2) is 24.7 Å². The van der Waals surface area contributed by atoms with Gasteiger partial charge in [0, 0.05) is 13.2 Å². The molecule has 1 N–H and O–H groups in total. The third-order valence-electron chi connectivity index (χ3n) is 2.84. The summed E-state index contributed by atoms with van der Waals surface area (Å²) in [6.45, 7) is 9.46. The third-order valence-corrected chi connectivity index (χ3v) is 2.84. The number of hydrogen-bond donors (Lipinski definition) is 1. The van der Waals surface area contributed by atoms with E-state index in [2.05, 4.69) is 35.3 Å². The lowest BCUT2D eigenvalue weighted by Crippen LogP contribution is -2.24. The summed E-state index contributed by atoms with van der Waals surface area (Å²) in [6, 6.07) is 0.347. The Morgan fingerprint density at radius 1 is 1.56 bits per heavy atom. The first-order valence-electron chi connectivity index (χ1n) is 6.05. The Bertz CT molecular complexity index is 328. The van der Waals surface area contributed by atoms with Crippen LogP contribution < -0.4 is 5.32 Å². The van der Waals surface area contributed by atoms with E-state index in [1.54, 1.807) is 0 Å². The molecule has 0 saturated heterocycles. The molecule has 0 spiro atoms. The average Bonchev–Trinajstić information content (AvgIpc) is 2.70. The molecule has 0 radical (unpaired) electrons. The summed E-state index contributed by atoms with van der Waals surface area (Å²) in [4.78, 5) is 4.18. The van der Waals surface area contributed by atoms with Gasteiger partial charge in [-0.3, -0.25) is 0 Å². The molecule has 0 aliphatic rings. The van der Waals surface area contributed by atoms with Gasteiger partial charge in [-0.05, 0) is 25.8 Å². The highest BCUT2D eigenvalue weighted by Gasteiger charge is 2.14. The number of nitrogens with one attached hydrogen (secondary N) is 1. The maximum absolute atomic E-state index is 4.18. The largest absolute Gasteiger partial charge is 0.336 e. The summed E-state index contributed by atoms with van der Waals surface area (Å²) in [6.07, 6.45) is 6.98. The predicted molar refractivity (Wildman–Crippen MR) is 68.3 cm³/mol. The highest BCUT2D eigenvalue weighted by Crippen LogP contribution is 2.21. The summed E-state index contributed by atoms with van der Waals surface area (Å²) in [5.41, 5.74) is 2.53. The maximum atomic E-state index is 4.18. The van der Waals surface area contributed by atoms with Crippen molar-refractivity contribution >= 4 is 0 Å². The Labute approximate surface area is 98.6 Å². The lowest BCUT2D eigenvalue weighted by Gasteiger charge is -2.19. The van der Waals surface area contributed by atoms with Crippen molar-refractivity contribution < 1.29 is 0 Å². The minimum absolute atomic E-state index is 0.347. The van der Waals surface area contributed by atoms with Crippen LogP contribution in [0, 0.1) is 0 Å². The molecule has 90 valence electrons. The lowest BCUT2D eigenvalue weighted by atomic mass is 10.0. The van der Waals surface area contributed by atoms with Crippen LogP contribution in [0.1, 0.15) is 44.8 Å². The van der Waals surface area contributed by atoms with Crippen LogP contribution in [0.5, 0.6) is 0 Å². The second-order valence-electron chi connectivity index (χ2n) is 4.24. The van der Waals surface area contributed by atoms with Gasteiger partial charge < -0.3 is 9.88 Å². The zero-order valence-corrected chi connectivity index (χ0v) is 10.7. The fourth-order valence-electron chi connectivity index (χ4n) is 1.74. The van der Waals surface area contributed by atoms with E-state index >= 15 is 0 Å². The fraction of sp³-hybridized carbons (Fsp3) is 0.615. The molecule has 0 aliphatic carbocycles. The van der Waals surface area contributed by atoms with Crippen LogP contribution in [-0.4, -0.2) is 16.1 Å². The van der Waals surface area contributed by atoms with Crippen LogP contribution >= 0.6 is 0 Å². The fourth-order valence-corrected chi connectivity index (χ4v) is 1.74. The molecular formula is C13H23N3. The molecule has 1 rings (SSSR count). The topological polar surface area (TPSA) is 29.9 Å². The first kappa shape index (κ1) is 13.0. The molecule has 0 saturated carbocycles. The van der Waals surface area contributed by atoms with Gasteiger partial charge in [0.2, 0.25) is 0 Å². The van der Waals surface area contributed by atoms with Crippen LogP contribution in [-0.2, 0) is 7.05 Å². The van der Waals surface area contributed by atoms with Gasteiger partial charge in [-0.25, -0.2) is 4.98 Å². The van der Waals surface area contributed by atoms with Gasteiger partial charge in [-0.2, -0.15) is 0 Å². The Morgan fingerprint density at radius 2 is 2.31 bits per heavy atom. The van der Waals surface area contributed by atoms with Gasteiger partial charge in [0.05, 0.1) is 18.1 Å². The summed E-state index contributed by atoms with van der Waals surface area (Å²) in [5, 5.41) is 3.56. The summed E-state index contributed by atoms with van der Waals surface area (Å²) >= 11 is 0. The quantitative estimate of drug-likeness (QED) is 0.718. The number of aromatic nitrogens is 2. The van der Waals surface area contributed by atoms with Crippen LogP contribution in [0.4, 0.5) is 0 Å². The third kappa shape index (κ3) is 3.49. The second kappa shape index (κ2) is 6.48. The molecule has 0 aromatic carbocycles. The van der Waals surface area contributed by atoms with E-state index in [0.717, 1.165) is 25.8 Å². The SMILES string of the molecule is C=C(CC)CC(NCCC)c1cncn1C. The zero-order chi connectivity index (χ0) is 12.0. The predicted octanol–water partition coefficient (Wildman–Crippen LogP) is 2.82. The summed E-state index contributed by atoms with van der Waals surface area (Å²) in [5.74, 6) is 0. The Balaban J connectivity index is 2.71. The van der Waals surface area contributed by atoms with Crippen LogP contribution in [0.3, 0.4) is 0 Å². The van der Waals surface area contributed by atoms with Gasteiger partial charge in [0.25, 0.3) is 0 Å². The standard InChI is InChI=1S/C13H23N3/c1-5-7-15-12(8-11(3)6-2)13-9-14-10-16(13)4/h9-10,12,15H,3,5-8H2,1-2,4H3. The highest BCUT2D eigenvalue weighted by atomic mass is 15.1. The zero-order valence-electron chi connectivity index (χ0n) is 10.7. The molecule has 0 amide bonds. The highest BCUT2D eigenvalue weighted by molar-refractivity contribution is 5.10. The van der Waals surface area contributed by atoms with E-state index in [9.17, 15) is 0 Å². The number of nitrogens with zero attached hydrogens (tertiary/aromatic N) is 2. The van der Waals surface area contributed by atoms with Crippen molar-refractivity contribution in [1.82, 2.24) is 14.9 Å². The van der Waals surface area contributed by atoms with Crippen molar-refractivity contribution in [3.05, 3.63) is 30.4 Å². The van der Waals surface area contributed by atoms with Crippen LogP contribution in [0.25, 0.3) is 0 Å². The van der Waals surface area contributed by atoms with Crippen molar-refractivity contribution in [3.8, 4) is 0 Å². The van der Waals surface area contributed by atoms with E-state index in [4.69, 9.17) is 0 Å². The number of rotatable bonds is 7. The number of hydrogen-bond acceptors (Lipinski definition) is 2. The first-order chi connectivity index (χ1) is 7.69.